The SMILES string of the molecule is CC1CC([Si](CCCCCCOC(C)(C)C)([N-]C(C)(C)C)C2CCCCC2)C(C)C1C.[CH3-].[Cl][Ti][Cl]. The molecule has 0 aromatic rings. The van der Waals surface area contributed by atoms with E-state index in [0.29, 0.717) is 0 Å². The minimum absolute atomic E-state index is 0. The normalized spacial score (nSPS) is 27.4. The van der Waals surface area contributed by atoms with Crippen LogP contribution in [-0.4, -0.2) is 26.0 Å². The van der Waals surface area contributed by atoms with Crippen LogP contribution in [0, 0.1) is 25.2 Å². The van der Waals surface area contributed by atoms with Crippen LogP contribution in [0.1, 0.15) is 127 Å². The van der Waals surface area contributed by atoms with E-state index in [1.165, 1.54) is 70.3 Å². The molecule has 0 aromatic heterocycles. The number of ether oxygens (including phenoxy) is 1. The van der Waals surface area contributed by atoms with Gasteiger partial charge >= 0.3 is 35.6 Å². The molecule has 5 atom stereocenters. The molecule has 2 fully saturated rings. The monoisotopic (exact) mass is 583 g/mol. The molecule has 210 valence electrons. The van der Waals surface area contributed by atoms with E-state index >= 15 is 0 Å². The maximum atomic E-state index is 5.95. The molecule has 5 unspecified atom stereocenters. The van der Waals surface area contributed by atoms with Crippen molar-refractivity contribution in [3.8, 4) is 0 Å². The molecule has 0 spiro atoms. The molecule has 0 radical (unpaired) electrons. The zero-order chi connectivity index (χ0) is 26.0. The molecular weight excluding hydrogens is 525 g/mol. The number of halogens is 2. The van der Waals surface area contributed by atoms with Crippen LogP contribution in [0.25, 0.3) is 4.98 Å². The van der Waals surface area contributed by atoms with Gasteiger partial charge in [-0.2, -0.15) is 0 Å². The van der Waals surface area contributed by atoms with E-state index in [1.807, 2.05) is 0 Å². The molecule has 2 aliphatic carbocycles. The predicted molar refractivity (Wildman–Crippen MR) is 159 cm³/mol. The number of hydrogen-bond donors (Lipinski definition) is 0. The van der Waals surface area contributed by atoms with Gasteiger partial charge in [-0.15, -0.1) is 5.54 Å². The number of unbranched alkanes of at least 4 members (excludes halogenated alkanes) is 3. The van der Waals surface area contributed by atoms with Crippen molar-refractivity contribution in [1.82, 2.24) is 0 Å². The second kappa shape index (κ2) is 17.2. The molecule has 0 N–H and O–H groups in total. The molecule has 2 nitrogen and oxygen atoms in total. The molecule has 6 heteroatoms. The topological polar surface area (TPSA) is 23.3 Å². The van der Waals surface area contributed by atoms with Gasteiger partial charge in [0.25, 0.3) is 0 Å². The zero-order valence-corrected chi connectivity index (χ0v) is 29.1. The first-order valence-electron chi connectivity index (χ1n) is 14.1. The van der Waals surface area contributed by atoms with E-state index in [0.717, 1.165) is 35.4 Å². The van der Waals surface area contributed by atoms with E-state index in [4.69, 9.17) is 28.3 Å². The van der Waals surface area contributed by atoms with Crippen LogP contribution in [0.3, 0.4) is 0 Å². The Kier molecular flexibility index (Phi) is 17.9. The third-order valence-corrected chi connectivity index (χ3v) is 14.8. The summed E-state index contributed by atoms with van der Waals surface area (Å²) in [6.45, 7) is 22.2. The molecule has 0 amide bonds. The number of rotatable bonds is 10. The van der Waals surface area contributed by atoms with Gasteiger partial charge in [-0.1, -0.05) is 116 Å². The van der Waals surface area contributed by atoms with Gasteiger partial charge in [0.1, 0.15) is 0 Å². The molecule has 0 saturated heterocycles. The summed E-state index contributed by atoms with van der Waals surface area (Å²) in [5.41, 5.74) is 1.96. The van der Waals surface area contributed by atoms with Crippen molar-refractivity contribution in [2.24, 2.45) is 17.8 Å². The van der Waals surface area contributed by atoms with Crippen molar-refractivity contribution in [2.75, 3.05) is 6.61 Å². The van der Waals surface area contributed by atoms with Crippen molar-refractivity contribution < 1.29 is 21.8 Å². The third-order valence-electron chi connectivity index (χ3n) is 8.49. The number of nitrogens with zero attached hydrogens (tertiary/aromatic N) is 1. The van der Waals surface area contributed by atoms with Crippen molar-refractivity contribution in [2.45, 2.75) is 155 Å². The summed E-state index contributed by atoms with van der Waals surface area (Å²) >= 11 is -0.556. The van der Waals surface area contributed by atoms with E-state index in [1.54, 1.807) is 0 Å². The molecule has 2 saturated carbocycles. The van der Waals surface area contributed by atoms with Gasteiger partial charge in [-0.05, 0) is 53.2 Å². The Morgan fingerprint density at radius 3 is 1.86 bits per heavy atom. The fraction of sp³-hybridized carbons (Fsp3) is 0.966. The van der Waals surface area contributed by atoms with Gasteiger partial charge in [0.15, 0.2) is 0 Å². The fourth-order valence-electron chi connectivity index (χ4n) is 6.77. The summed E-state index contributed by atoms with van der Waals surface area (Å²) in [5, 5.41) is 0. The molecule has 35 heavy (non-hydrogen) atoms. The Morgan fingerprint density at radius 2 is 1.40 bits per heavy atom. The summed E-state index contributed by atoms with van der Waals surface area (Å²) in [5.74, 6) is 2.60. The molecule has 0 heterocycles. The third kappa shape index (κ3) is 12.9. The maximum absolute atomic E-state index is 5.95. The summed E-state index contributed by atoms with van der Waals surface area (Å²) in [4.78, 5) is 5.95. The summed E-state index contributed by atoms with van der Waals surface area (Å²) in [7, 11) is 8.03. The first kappa shape index (κ1) is 36.4. The molecule has 2 rings (SSSR count). The van der Waals surface area contributed by atoms with Crippen molar-refractivity contribution in [1.29, 1.82) is 0 Å². The predicted octanol–water partition coefficient (Wildman–Crippen LogP) is 11.3. The zero-order valence-electron chi connectivity index (χ0n) is 25.0. The van der Waals surface area contributed by atoms with E-state index in [9.17, 15) is 0 Å². The van der Waals surface area contributed by atoms with Gasteiger partial charge in [-0.3, -0.25) is 0 Å². The minimum atomic E-state index is -1.75. The molecule has 0 aliphatic heterocycles. The Bertz CT molecular complexity index is 548. The van der Waals surface area contributed by atoms with E-state index < -0.39 is 25.3 Å². The second-order valence-electron chi connectivity index (χ2n) is 13.3. The van der Waals surface area contributed by atoms with Crippen LogP contribution in [0.2, 0.25) is 17.1 Å². The average Bonchev–Trinajstić information content (AvgIpc) is 2.99. The van der Waals surface area contributed by atoms with Crippen LogP contribution >= 0.6 is 18.6 Å². The van der Waals surface area contributed by atoms with Crippen molar-refractivity contribution >= 4 is 26.8 Å². The molecule has 0 bridgehead atoms. The van der Waals surface area contributed by atoms with Gasteiger partial charge in [0.05, 0.1) is 5.60 Å². The molecule has 2 aliphatic rings. The Labute approximate surface area is 238 Å². The second-order valence-corrected chi connectivity index (χ2v) is 20.2. The average molecular weight is 585 g/mol. The van der Waals surface area contributed by atoms with Gasteiger partial charge in [0.2, 0.25) is 0 Å². The summed E-state index contributed by atoms with van der Waals surface area (Å²) < 4.78 is 5.95. The Morgan fingerprint density at radius 1 is 0.857 bits per heavy atom. The van der Waals surface area contributed by atoms with Crippen LogP contribution in [0.15, 0.2) is 0 Å². The van der Waals surface area contributed by atoms with E-state index in [2.05, 4.69) is 62.3 Å². The first-order chi connectivity index (χ1) is 15.8. The molecular formula is C29H59Cl2NOSiTi-2. The van der Waals surface area contributed by atoms with Gasteiger partial charge in [0, 0.05) is 6.61 Å². The van der Waals surface area contributed by atoms with E-state index in [-0.39, 0.29) is 18.6 Å². The van der Waals surface area contributed by atoms with Gasteiger partial charge < -0.3 is 17.1 Å². The Balaban J connectivity index is 0.00000274. The Hall–Kier alpha value is 1.43. The van der Waals surface area contributed by atoms with Crippen LogP contribution in [0.4, 0.5) is 0 Å². The van der Waals surface area contributed by atoms with Crippen LogP contribution in [0.5, 0.6) is 0 Å². The summed E-state index contributed by atoms with van der Waals surface area (Å²) in [6.07, 6.45) is 14.0. The van der Waals surface area contributed by atoms with Crippen LogP contribution < -0.4 is 0 Å². The number of hydrogen-bond acceptors (Lipinski definition) is 1. The summed E-state index contributed by atoms with van der Waals surface area (Å²) in [6, 6.07) is 1.45. The van der Waals surface area contributed by atoms with Crippen molar-refractivity contribution in [3.63, 3.8) is 0 Å². The fourth-order valence-corrected chi connectivity index (χ4v) is 14.1. The van der Waals surface area contributed by atoms with Crippen molar-refractivity contribution in [3.05, 3.63) is 12.4 Å². The molecule has 0 aromatic carbocycles. The first-order valence-corrected chi connectivity index (χ1v) is 20.7. The van der Waals surface area contributed by atoms with Gasteiger partial charge in [-0.25, -0.2) is 0 Å². The van der Waals surface area contributed by atoms with Crippen LogP contribution in [-0.2, 0) is 21.8 Å². The standard InChI is InChI=1S/C28H56NOSi.CH3.2ClH.Ti/c1-22-21-26(24(3)23(22)2)31(29-27(4,5)6,25-17-13-12-14-18-25)20-16-11-10-15-19-30-28(7,8)9;;;;/h22-26H,10-21H2,1-9H3;1H3;2*1H;/q2*-1;;;+2/p-2. The quantitative estimate of drug-likeness (QED) is 0.142.